The van der Waals surface area contributed by atoms with E-state index in [9.17, 15) is 13.2 Å². The van der Waals surface area contributed by atoms with Crippen LogP contribution in [0.15, 0.2) is 18.3 Å². The first kappa shape index (κ1) is 14.8. The van der Waals surface area contributed by atoms with Gasteiger partial charge in [-0.05, 0) is 24.1 Å². The molecular formula is C12H18F3N3. The van der Waals surface area contributed by atoms with Gasteiger partial charge in [0.1, 0.15) is 5.82 Å². The number of halogens is 3. The van der Waals surface area contributed by atoms with Gasteiger partial charge in [0.05, 0.1) is 5.56 Å². The normalized spacial score (nSPS) is 12.6. The van der Waals surface area contributed by atoms with Crippen molar-refractivity contribution in [2.75, 3.05) is 25.0 Å². The Morgan fingerprint density at radius 2 is 1.94 bits per heavy atom. The van der Waals surface area contributed by atoms with Crippen LogP contribution in [0.3, 0.4) is 0 Å². The van der Waals surface area contributed by atoms with Gasteiger partial charge in [0.15, 0.2) is 0 Å². The quantitative estimate of drug-likeness (QED) is 0.905. The molecule has 0 aliphatic carbocycles. The van der Waals surface area contributed by atoms with E-state index in [1.54, 1.807) is 7.05 Å². The van der Waals surface area contributed by atoms with Crippen molar-refractivity contribution in [3.8, 4) is 0 Å². The molecule has 0 radical (unpaired) electrons. The van der Waals surface area contributed by atoms with Crippen LogP contribution in [0, 0.1) is 5.41 Å². The fraction of sp³-hybridized carbons (Fsp3) is 0.583. The Labute approximate surface area is 105 Å². The minimum atomic E-state index is -4.40. The molecule has 0 bridgehead atoms. The van der Waals surface area contributed by atoms with Gasteiger partial charge in [-0.25, -0.2) is 4.98 Å². The highest BCUT2D eigenvalue weighted by molar-refractivity contribution is 5.47. The second-order valence-corrected chi connectivity index (χ2v) is 5.10. The number of rotatable bonds is 4. The highest BCUT2D eigenvalue weighted by Gasteiger charge is 2.35. The van der Waals surface area contributed by atoms with Crippen LogP contribution in [0.2, 0.25) is 0 Å². The lowest BCUT2D eigenvalue weighted by Gasteiger charge is -2.31. The summed E-state index contributed by atoms with van der Waals surface area (Å²) in [6.45, 7) is 4.61. The summed E-state index contributed by atoms with van der Waals surface area (Å²) in [7, 11) is 1.59. The predicted molar refractivity (Wildman–Crippen MR) is 65.3 cm³/mol. The zero-order valence-electron chi connectivity index (χ0n) is 10.8. The van der Waals surface area contributed by atoms with E-state index >= 15 is 0 Å². The van der Waals surface area contributed by atoms with Crippen LogP contribution < -0.4 is 10.6 Å². The lowest BCUT2D eigenvalue weighted by molar-refractivity contribution is -0.137. The van der Waals surface area contributed by atoms with E-state index in [2.05, 4.69) is 4.98 Å². The minimum absolute atomic E-state index is 0.0634. The van der Waals surface area contributed by atoms with Crippen LogP contribution in [0.25, 0.3) is 0 Å². The van der Waals surface area contributed by atoms with E-state index in [0.29, 0.717) is 13.1 Å². The first-order valence-corrected chi connectivity index (χ1v) is 5.61. The summed E-state index contributed by atoms with van der Waals surface area (Å²) in [6, 6.07) is 2.32. The molecule has 1 aromatic heterocycles. The Balaban J connectivity index is 3.03. The molecule has 0 saturated heterocycles. The molecule has 18 heavy (non-hydrogen) atoms. The van der Waals surface area contributed by atoms with Gasteiger partial charge >= 0.3 is 6.18 Å². The van der Waals surface area contributed by atoms with E-state index in [1.807, 2.05) is 13.8 Å². The molecule has 0 spiro atoms. The highest BCUT2D eigenvalue weighted by Crippen LogP contribution is 2.35. The number of pyridine rings is 1. The molecule has 0 amide bonds. The highest BCUT2D eigenvalue weighted by atomic mass is 19.4. The van der Waals surface area contributed by atoms with E-state index in [0.717, 1.165) is 6.07 Å². The van der Waals surface area contributed by atoms with Crippen LogP contribution in [0.5, 0.6) is 0 Å². The van der Waals surface area contributed by atoms with Gasteiger partial charge in [-0.1, -0.05) is 13.8 Å². The van der Waals surface area contributed by atoms with E-state index in [1.165, 1.54) is 17.2 Å². The minimum Gasteiger partial charge on any atom is -0.359 e. The van der Waals surface area contributed by atoms with Gasteiger partial charge in [0.25, 0.3) is 0 Å². The van der Waals surface area contributed by atoms with Crippen LogP contribution in [-0.4, -0.2) is 25.1 Å². The van der Waals surface area contributed by atoms with Gasteiger partial charge in [0, 0.05) is 19.8 Å². The second-order valence-electron chi connectivity index (χ2n) is 5.10. The van der Waals surface area contributed by atoms with E-state index in [4.69, 9.17) is 5.73 Å². The maximum Gasteiger partial charge on any atom is 0.419 e. The standard InChI is InChI=1S/C12H18F3N3/c1-11(2,7-16)8-18(3)10-9(12(13,14)15)5-4-6-17-10/h4-6H,7-8,16H2,1-3H3. The summed E-state index contributed by atoms with van der Waals surface area (Å²) in [6.07, 6.45) is -3.04. The molecule has 3 nitrogen and oxygen atoms in total. The van der Waals surface area contributed by atoms with E-state index in [-0.39, 0.29) is 11.2 Å². The third kappa shape index (κ3) is 3.60. The van der Waals surface area contributed by atoms with Crippen molar-refractivity contribution in [3.05, 3.63) is 23.9 Å². The number of anilines is 1. The summed E-state index contributed by atoms with van der Waals surface area (Å²) in [5, 5.41) is 0. The van der Waals surface area contributed by atoms with Crippen LogP contribution in [0.4, 0.5) is 19.0 Å². The number of aromatic nitrogens is 1. The average Bonchev–Trinajstić information content (AvgIpc) is 2.27. The number of nitrogens with zero attached hydrogens (tertiary/aromatic N) is 2. The van der Waals surface area contributed by atoms with Gasteiger partial charge in [0.2, 0.25) is 0 Å². The fourth-order valence-corrected chi connectivity index (χ4v) is 1.70. The van der Waals surface area contributed by atoms with Crippen LogP contribution >= 0.6 is 0 Å². The monoisotopic (exact) mass is 261 g/mol. The fourth-order valence-electron chi connectivity index (χ4n) is 1.70. The van der Waals surface area contributed by atoms with Crippen LogP contribution in [0.1, 0.15) is 19.4 Å². The molecule has 0 fully saturated rings. The summed E-state index contributed by atoms with van der Waals surface area (Å²) >= 11 is 0. The van der Waals surface area contributed by atoms with Gasteiger partial charge < -0.3 is 10.6 Å². The molecule has 1 heterocycles. The Kier molecular flexibility index (Phi) is 4.21. The summed E-state index contributed by atoms with van der Waals surface area (Å²) in [5.41, 5.74) is 4.60. The molecular weight excluding hydrogens is 243 g/mol. The largest absolute Gasteiger partial charge is 0.419 e. The third-order valence-electron chi connectivity index (χ3n) is 2.67. The molecule has 102 valence electrons. The molecule has 1 rings (SSSR count). The number of hydrogen-bond donors (Lipinski definition) is 1. The SMILES string of the molecule is CN(CC(C)(C)CN)c1ncccc1C(F)(F)F. The first-order chi connectivity index (χ1) is 8.17. The first-order valence-electron chi connectivity index (χ1n) is 5.61. The summed E-state index contributed by atoms with van der Waals surface area (Å²) < 4.78 is 38.5. The topological polar surface area (TPSA) is 42.1 Å². The summed E-state index contributed by atoms with van der Waals surface area (Å²) in [5.74, 6) is -0.0634. The van der Waals surface area contributed by atoms with Crippen molar-refractivity contribution in [3.63, 3.8) is 0 Å². The van der Waals surface area contributed by atoms with Crippen molar-refractivity contribution in [1.29, 1.82) is 0 Å². The molecule has 2 N–H and O–H groups in total. The van der Waals surface area contributed by atoms with Gasteiger partial charge in [-0.3, -0.25) is 0 Å². The Bertz CT molecular complexity index is 402. The third-order valence-corrected chi connectivity index (χ3v) is 2.67. The van der Waals surface area contributed by atoms with E-state index < -0.39 is 11.7 Å². The number of hydrogen-bond acceptors (Lipinski definition) is 3. The van der Waals surface area contributed by atoms with Gasteiger partial charge in [-0.2, -0.15) is 13.2 Å². The molecule has 0 aromatic carbocycles. The number of nitrogens with two attached hydrogens (primary N) is 1. The molecule has 1 aromatic rings. The predicted octanol–water partition coefficient (Wildman–Crippen LogP) is 2.52. The molecule has 0 aliphatic rings. The lowest BCUT2D eigenvalue weighted by atomic mass is 9.93. The Morgan fingerprint density at radius 3 is 2.44 bits per heavy atom. The molecule has 0 saturated carbocycles. The Morgan fingerprint density at radius 1 is 1.33 bits per heavy atom. The smallest absolute Gasteiger partial charge is 0.359 e. The van der Waals surface area contributed by atoms with Crippen molar-refractivity contribution in [1.82, 2.24) is 4.98 Å². The maximum absolute atomic E-state index is 12.8. The number of alkyl halides is 3. The molecule has 6 heteroatoms. The van der Waals surface area contributed by atoms with Crippen molar-refractivity contribution in [2.45, 2.75) is 20.0 Å². The van der Waals surface area contributed by atoms with Gasteiger partial charge in [-0.15, -0.1) is 0 Å². The molecule has 0 unspecified atom stereocenters. The van der Waals surface area contributed by atoms with Crippen LogP contribution in [-0.2, 0) is 6.18 Å². The zero-order valence-corrected chi connectivity index (χ0v) is 10.8. The Hall–Kier alpha value is -1.30. The van der Waals surface area contributed by atoms with Crippen molar-refractivity contribution < 1.29 is 13.2 Å². The van der Waals surface area contributed by atoms with Crippen molar-refractivity contribution in [2.24, 2.45) is 11.1 Å². The summed E-state index contributed by atoms with van der Waals surface area (Å²) in [4.78, 5) is 5.32. The maximum atomic E-state index is 12.8. The lowest BCUT2D eigenvalue weighted by Crippen LogP contribution is -2.37. The molecule has 0 aliphatic heterocycles. The second kappa shape index (κ2) is 5.14. The zero-order chi connectivity index (χ0) is 14.0. The average molecular weight is 261 g/mol. The molecule has 0 atom stereocenters. The van der Waals surface area contributed by atoms with Crippen molar-refractivity contribution >= 4 is 5.82 Å².